The molecule has 1 nitrogen and oxygen atoms in total. The lowest BCUT2D eigenvalue weighted by Gasteiger charge is -2.47. The molecule has 1 aliphatic rings. The van der Waals surface area contributed by atoms with Crippen molar-refractivity contribution in [3.05, 3.63) is 78.0 Å². The lowest BCUT2D eigenvalue weighted by molar-refractivity contribution is -0.769. The normalized spacial score (nSPS) is 19.8. The van der Waals surface area contributed by atoms with Gasteiger partial charge in [0.15, 0.2) is 11.7 Å². The number of hydrogen-bond acceptors (Lipinski definition) is 0. The number of nitrogens with zero attached hydrogens (tertiary/aromatic N) is 1. The van der Waals surface area contributed by atoms with E-state index < -0.39 is 0 Å². The maximum absolute atomic E-state index is 2.58. The summed E-state index contributed by atoms with van der Waals surface area (Å²) in [4.78, 5) is 0. The smallest absolute Gasteiger partial charge is 0.192 e. The average Bonchev–Trinajstić information content (AvgIpc) is 2.74. The highest BCUT2D eigenvalue weighted by atomic mass is 15.1. The molecule has 0 saturated carbocycles. The monoisotopic (exact) mass is 370 g/mol. The minimum Gasteiger partial charge on any atom is -0.192 e. The zero-order valence-corrected chi connectivity index (χ0v) is 17.9. The molecule has 3 aromatic rings. The molecule has 1 heteroatoms. The number of rotatable bonds is 4. The van der Waals surface area contributed by atoms with Crippen molar-refractivity contribution < 1.29 is 4.57 Å². The predicted octanol–water partition coefficient (Wildman–Crippen LogP) is 6.81. The summed E-state index contributed by atoms with van der Waals surface area (Å²) >= 11 is 0. The minimum absolute atomic E-state index is 0.107. The summed E-state index contributed by atoms with van der Waals surface area (Å²) in [6, 6.07) is 22.6. The van der Waals surface area contributed by atoms with Crippen molar-refractivity contribution in [2.75, 3.05) is 0 Å². The van der Waals surface area contributed by atoms with Crippen molar-refractivity contribution >= 4 is 0 Å². The molecule has 1 aromatic heterocycles. The second kappa shape index (κ2) is 6.88. The largest absolute Gasteiger partial charge is 0.213 e. The van der Waals surface area contributed by atoms with Crippen molar-refractivity contribution in [2.45, 2.75) is 64.8 Å². The minimum atomic E-state index is 0.107. The molecule has 0 spiro atoms. The lowest BCUT2D eigenvalue weighted by atomic mass is 9.58. The fourth-order valence-electron chi connectivity index (χ4n) is 5.68. The number of aryl methyl sites for hydroxylation is 1. The van der Waals surface area contributed by atoms with Crippen LogP contribution < -0.4 is 4.57 Å². The van der Waals surface area contributed by atoms with E-state index in [-0.39, 0.29) is 11.0 Å². The molecule has 1 unspecified atom stereocenters. The van der Waals surface area contributed by atoms with Crippen LogP contribution in [0.5, 0.6) is 0 Å². The first-order valence-electron chi connectivity index (χ1n) is 10.7. The summed E-state index contributed by atoms with van der Waals surface area (Å²) in [6.07, 6.45) is 5.70. The van der Waals surface area contributed by atoms with E-state index in [1.807, 2.05) is 0 Å². The SMILES string of the molecule is CCC1(C)c2ccc(-c3cccc(C)c3)cc2-c2cccc[n+]2C1(CC)CC. The summed E-state index contributed by atoms with van der Waals surface area (Å²) in [5.41, 5.74) is 8.36. The first kappa shape index (κ1) is 18.9. The van der Waals surface area contributed by atoms with Crippen molar-refractivity contribution in [1.29, 1.82) is 0 Å². The Hall–Kier alpha value is -2.41. The molecule has 0 aliphatic carbocycles. The van der Waals surface area contributed by atoms with Crippen LogP contribution in [0, 0.1) is 6.92 Å². The molecule has 0 saturated heterocycles. The molecule has 2 heterocycles. The molecule has 144 valence electrons. The molecular formula is C27H32N+. The molecule has 28 heavy (non-hydrogen) atoms. The number of hydrogen-bond donors (Lipinski definition) is 0. The third-order valence-electron chi connectivity index (χ3n) is 7.47. The summed E-state index contributed by atoms with van der Waals surface area (Å²) in [6.45, 7) is 11.7. The second-order valence-corrected chi connectivity index (χ2v) is 8.51. The van der Waals surface area contributed by atoms with Crippen LogP contribution in [-0.4, -0.2) is 0 Å². The van der Waals surface area contributed by atoms with E-state index in [9.17, 15) is 0 Å². The van der Waals surface area contributed by atoms with E-state index in [0.717, 1.165) is 19.3 Å². The summed E-state index contributed by atoms with van der Waals surface area (Å²) in [5.74, 6) is 0. The molecule has 0 amide bonds. The topological polar surface area (TPSA) is 3.88 Å². The zero-order valence-electron chi connectivity index (χ0n) is 17.9. The van der Waals surface area contributed by atoms with Gasteiger partial charge >= 0.3 is 0 Å². The second-order valence-electron chi connectivity index (χ2n) is 8.51. The van der Waals surface area contributed by atoms with E-state index in [1.54, 1.807) is 0 Å². The van der Waals surface area contributed by atoms with Gasteiger partial charge in [0.2, 0.25) is 5.69 Å². The molecule has 0 radical (unpaired) electrons. The van der Waals surface area contributed by atoms with E-state index >= 15 is 0 Å². The molecule has 4 rings (SSSR count). The third-order valence-corrected chi connectivity index (χ3v) is 7.47. The van der Waals surface area contributed by atoms with Crippen LogP contribution in [0.2, 0.25) is 0 Å². The van der Waals surface area contributed by atoms with Gasteiger partial charge in [-0.25, -0.2) is 0 Å². The quantitative estimate of drug-likeness (QED) is 0.444. The van der Waals surface area contributed by atoms with Crippen LogP contribution >= 0.6 is 0 Å². The fourth-order valence-corrected chi connectivity index (χ4v) is 5.68. The van der Waals surface area contributed by atoms with Crippen LogP contribution in [0.15, 0.2) is 66.9 Å². The molecule has 0 bridgehead atoms. The third kappa shape index (κ3) is 2.49. The molecule has 1 atom stereocenters. The van der Waals surface area contributed by atoms with Crippen molar-refractivity contribution in [3.63, 3.8) is 0 Å². The average molecular weight is 371 g/mol. The van der Waals surface area contributed by atoms with Crippen LogP contribution in [0.25, 0.3) is 22.4 Å². The molecule has 2 aromatic carbocycles. The van der Waals surface area contributed by atoms with Gasteiger partial charge < -0.3 is 0 Å². The molecule has 0 N–H and O–H groups in total. The van der Waals surface area contributed by atoms with Gasteiger partial charge in [-0.15, -0.1) is 0 Å². The Bertz CT molecular complexity index is 1010. The van der Waals surface area contributed by atoms with Gasteiger partial charge in [0.1, 0.15) is 0 Å². The van der Waals surface area contributed by atoms with Crippen LogP contribution in [0.1, 0.15) is 58.1 Å². The van der Waals surface area contributed by atoms with Gasteiger partial charge in [-0.1, -0.05) is 62.7 Å². The summed E-state index contributed by atoms with van der Waals surface area (Å²) in [7, 11) is 0. The summed E-state index contributed by atoms with van der Waals surface area (Å²) < 4.78 is 2.58. The maximum atomic E-state index is 2.58. The van der Waals surface area contributed by atoms with Gasteiger partial charge in [-0.3, -0.25) is 0 Å². The first-order chi connectivity index (χ1) is 13.5. The highest BCUT2D eigenvalue weighted by Gasteiger charge is 2.58. The van der Waals surface area contributed by atoms with Gasteiger partial charge in [0.25, 0.3) is 0 Å². The standard InChI is InChI=1S/C27H32N/c1-6-26(5)24-16-15-22(21-13-11-12-20(4)18-21)19-23(24)25-14-9-10-17-28(25)27(26,7-2)8-3/h9-19H,6-8H2,1-5H3/q+1. The van der Waals surface area contributed by atoms with E-state index in [4.69, 9.17) is 0 Å². The van der Waals surface area contributed by atoms with Gasteiger partial charge in [0.05, 0.1) is 11.0 Å². The number of pyridine rings is 1. The van der Waals surface area contributed by atoms with Gasteiger partial charge in [-0.2, -0.15) is 4.57 Å². The molecular weight excluding hydrogens is 338 g/mol. The Morgan fingerprint density at radius 2 is 1.54 bits per heavy atom. The van der Waals surface area contributed by atoms with Crippen LogP contribution in [0.4, 0.5) is 0 Å². The van der Waals surface area contributed by atoms with E-state index in [1.165, 1.54) is 33.5 Å². The van der Waals surface area contributed by atoms with E-state index in [0.29, 0.717) is 0 Å². The first-order valence-corrected chi connectivity index (χ1v) is 10.7. The molecule has 0 fully saturated rings. The Labute approximate surface area is 170 Å². The van der Waals surface area contributed by atoms with Crippen molar-refractivity contribution in [3.8, 4) is 22.4 Å². The zero-order chi connectivity index (χ0) is 19.9. The van der Waals surface area contributed by atoms with Crippen LogP contribution in [-0.2, 0) is 11.0 Å². The Morgan fingerprint density at radius 3 is 2.21 bits per heavy atom. The van der Waals surface area contributed by atoms with E-state index in [2.05, 4.69) is 106 Å². The highest BCUT2D eigenvalue weighted by Crippen LogP contribution is 2.51. The van der Waals surface area contributed by atoms with Crippen molar-refractivity contribution in [1.82, 2.24) is 0 Å². The fraction of sp³-hybridized carbons (Fsp3) is 0.370. The van der Waals surface area contributed by atoms with Crippen molar-refractivity contribution in [2.24, 2.45) is 0 Å². The maximum Gasteiger partial charge on any atom is 0.213 e. The Balaban J connectivity index is 2.02. The number of aromatic nitrogens is 1. The van der Waals surface area contributed by atoms with Gasteiger partial charge in [-0.05, 0) is 49.1 Å². The molecule has 1 aliphatic heterocycles. The van der Waals surface area contributed by atoms with Crippen LogP contribution in [0.3, 0.4) is 0 Å². The summed E-state index contributed by atoms with van der Waals surface area (Å²) in [5, 5.41) is 0. The highest BCUT2D eigenvalue weighted by molar-refractivity contribution is 5.75. The Kier molecular flexibility index (Phi) is 4.65. The van der Waals surface area contributed by atoms with Gasteiger partial charge in [0, 0.05) is 25.0 Å². The lowest BCUT2D eigenvalue weighted by Crippen LogP contribution is -2.68. The number of benzene rings is 2. The Morgan fingerprint density at radius 1 is 0.786 bits per heavy atom. The predicted molar refractivity (Wildman–Crippen MR) is 118 cm³/mol. The number of fused-ring (bicyclic) bond motifs is 3.